The standard InChI is InChI=1S/C13H24NP/c1-9(2)13(10(3)4)14-8-12(15)7-6-11(14)5/h8-9,11H,6-7,15H2,1-5H3. The van der Waals surface area contributed by atoms with Crippen molar-refractivity contribution >= 4 is 9.24 Å². The fourth-order valence-electron chi connectivity index (χ4n) is 2.33. The lowest BCUT2D eigenvalue weighted by Crippen LogP contribution is -2.32. The smallest absolute Gasteiger partial charge is 0.0308 e. The van der Waals surface area contributed by atoms with E-state index in [-0.39, 0.29) is 0 Å². The Morgan fingerprint density at radius 3 is 2.53 bits per heavy atom. The van der Waals surface area contributed by atoms with E-state index in [0.717, 1.165) is 0 Å². The quantitative estimate of drug-likeness (QED) is 0.638. The zero-order chi connectivity index (χ0) is 11.6. The van der Waals surface area contributed by atoms with Crippen molar-refractivity contribution in [2.45, 2.75) is 53.5 Å². The van der Waals surface area contributed by atoms with E-state index >= 15 is 0 Å². The molecule has 86 valence electrons. The normalized spacial score (nSPS) is 21.7. The van der Waals surface area contributed by atoms with E-state index in [4.69, 9.17) is 0 Å². The van der Waals surface area contributed by atoms with Gasteiger partial charge in [-0.05, 0) is 44.8 Å². The first-order valence-electron chi connectivity index (χ1n) is 5.85. The highest BCUT2D eigenvalue weighted by molar-refractivity contribution is 7.22. The first-order chi connectivity index (χ1) is 6.93. The maximum atomic E-state index is 2.85. The molecule has 0 N–H and O–H groups in total. The summed E-state index contributed by atoms with van der Waals surface area (Å²) in [7, 11) is 2.85. The molecule has 2 unspecified atom stereocenters. The van der Waals surface area contributed by atoms with Crippen LogP contribution in [0.15, 0.2) is 22.8 Å². The van der Waals surface area contributed by atoms with E-state index in [9.17, 15) is 0 Å². The van der Waals surface area contributed by atoms with Gasteiger partial charge in [0.25, 0.3) is 0 Å². The van der Waals surface area contributed by atoms with Gasteiger partial charge >= 0.3 is 0 Å². The Morgan fingerprint density at radius 2 is 2.07 bits per heavy atom. The third kappa shape index (κ3) is 3.08. The minimum atomic E-state index is 0.601. The molecule has 0 aromatic carbocycles. The second-order valence-electron chi connectivity index (χ2n) is 5.04. The van der Waals surface area contributed by atoms with Gasteiger partial charge in [0, 0.05) is 17.9 Å². The minimum Gasteiger partial charge on any atom is -0.348 e. The summed E-state index contributed by atoms with van der Waals surface area (Å²) >= 11 is 0. The molecule has 0 saturated heterocycles. The van der Waals surface area contributed by atoms with Gasteiger partial charge in [0.1, 0.15) is 0 Å². The summed E-state index contributed by atoms with van der Waals surface area (Å²) in [6.07, 6.45) is 4.79. The van der Waals surface area contributed by atoms with Crippen LogP contribution in [0.3, 0.4) is 0 Å². The number of nitrogens with zero attached hydrogens (tertiary/aromatic N) is 1. The third-order valence-corrected chi connectivity index (χ3v) is 3.41. The van der Waals surface area contributed by atoms with E-state index < -0.39 is 0 Å². The second-order valence-corrected chi connectivity index (χ2v) is 5.78. The fraction of sp³-hybridized carbons (Fsp3) is 0.692. The van der Waals surface area contributed by atoms with Crippen molar-refractivity contribution in [3.63, 3.8) is 0 Å². The highest BCUT2D eigenvalue weighted by Crippen LogP contribution is 2.31. The van der Waals surface area contributed by atoms with Crippen molar-refractivity contribution in [3.05, 3.63) is 22.8 Å². The molecule has 1 rings (SSSR count). The molecular formula is C13H24NP. The van der Waals surface area contributed by atoms with Crippen LogP contribution in [0.1, 0.15) is 47.5 Å². The highest BCUT2D eigenvalue weighted by atomic mass is 31.0. The van der Waals surface area contributed by atoms with Crippen molar-refractivity contribution in [3.8, 4) is 0 Å². The van der Waals surface area contributed by atoms with Gasteiger partial charge in [-0.15, -0.1) is 9.24 Å². The zero-order valence-electron chi connectivity index (χ0n) is 10.7. The molecule has 1 aliphatic rings. The van der Waals surface area contributed by atoms with Gasteiger partial charge in [0.15, 0.2) is 0 Å². The van der Waals surface area contributed by atoms with Crippen LogP contribution in [0.25, 0.3) is 0 Å². The Kier molecular flexibility index (Phi) is 4.40. The molecule has 1 nitrogen and oxygen atoms in total. The number of rotatable bonds is 2. The lowest BCUT2D eigenvalue weighted by atomic mass is 9.99. The van der Waals surface area contributed by atoms with Gasteiger partial charge in [0.05, 0.1) is 0 Å². The average molecular weight is 225 g/mol. The summed E-state index contributed by atoms with van der Waals surface area (Å²) in [5, 5.41) is 1.42. The molecule has 2 atom stereocenters. The summed E-state index contributed by atoms with van der Waals surface area (Å²) in [6, 6.07) is 0.640. The summed E-state index contributed by atoms with van der Waals surface area (Å²) in [6.45, 7) is 11.3. The largest absolute Gasteiger partial charge is 0.348 e. The molecule has 0 aromatic heterocycles. The van der Waals surface area contributed by atoms with Crippen LogP contribution in [-0.2, 0) is 0 Å². The Hall–Kier alpha value is -0.290. The lowest BCUT2D eigenvalue weighted by Gasteiger charge is -2.37. The van der Waals surface area contributed by atoms with E-state index in [1.54, 1.807) is 0 Å². The van der Waals surface area contributed by atoms with Crippen molar-refractivity contribution < 1.29 is 0 Å². The maximum absolute atomic E-state index is 2.85. The van der Waals surface area contributed by atoms with Crippen molar-refractivity contribution in [1.82, 2.24) is 4.90 Å². The molecule has 0 aliphatic carbocycles. The Balaban J connectivity index is 3.03. The molecule has 2 heteroatoms. The van der Waals surface area contributed by atoms with Crippen LogP contribution in [0.4, 0.5) is 0 Å². The van der Waals surface area contributed by atoms with Crippen LogP contribution in [0.5, 0.6) is 0 Å². The van der Waals surface area contributed by atoms with Crippen LogP contribution >= 0.6 is 9.24 Å². The molecular weight excluding hydrogens is 201 g/mol. The summed E-state index contributed by atoms with van der Waals surface area (Å²) in [5.41, 5.74) is 2.93. The van der Waals surface area contributed by atoms with E-state index in [1.165, 1.54) is 29.4 Å². The van der Waals surface area contributed by atoms with Crippen molar-refractivity contribution in [2.24, 2.45) is 5.92 Å². The van der Waals surface area contributed by atoms with Crippen LogP contribution in [0.2, 0.25) is 0 Å². The topological polar surface area (TPSA) is 3.24 Å². The van der Waals surface area contributed by atoms with Gasteiger partial charge in [-0.1, -0.05) is 19.4 Å². The van der Waals surface area contributed by atoms with Crippen LogP contribution in [0, 0.1) is 5.92 Å². The second kappa shape index (κ2) is 5.16. The first kappa shape index (κ1) is 12.8. The monoisotopic (exact) mass is 225 g/mol. The molecule has 0 saturated carbocycles. The van der Waals surface area contributed by atoms with Gasteiger partial charge in [-0.25, -0.2) is 0 Å². The van der Waals surface area contributed by atoms with Crippen LogP contribution < -0.4 is 0 Å². The van der Waals surface area contributed by atoms with Crippen molar-refractivity contribution in [2.75, 3.05) is 0 Å². The number of allylic oxidation sites excluding steroid dienone is 3. The molecule has 0 amide bonds. The van der Waals surface area contributed by atoms with Gasteiger partial charge in [-0.3, -0.25) is 0 Å². The molecule has 15 heavy (non-hydrogen) atoms. The van der Waals surface area contributed by atoms with E-state index in [1.807, 2.05) is 0 Å². The molecule has 0 spiro atoms. The summed E-state index contributed by atoms with van der Waals surface area (Å²) in [4.78, 5) is 2.46. The molecule has 0 radical (unpaired) electrons. The number of hydrogen-bond donors (Lipinski definition) is 0. The van der Waals surface area contributed by atoms with E-state index in [2.05, 4.69) is 55.0 Å². The van der Waals surface area contributed by atoms with Gasteiger partial charge in [0.2, 0.25) is 0 Å². The number of hydrogen-bond acceptors (Lipinski definition) is 1. The first-order valence-corrected chi connectivity index (χ1v) is 6.43. The SMILES string of the molecule is CC(C)=C(C(C)C)N1C=C(P)CCC1C. The minimum absolute atomic E-state index is 0.601. The molecule has 1 heterocycles. The Labute approximate surface area is 96.8 Å². The predicted octanol–water partition coefficient (Wildman–Crippen LogP) is 4.14. The Bertz CT molecular complexity index is 285. The van der Waals surface area contributed by atoms with Crippen molar-refractivity contribution in [1.29, 1.82) is 0 Å². The van der Waals surface area contributed by atoms with Gasteiger partial charge < -0.3 is 4.90 Å². The molecule has 0 aromatic rings. The molecule has 0 bridgehead atoms. The van der Waals surface area contributed by atoms with Crippen LogP contribution in [-0.4, -0.2) is 10.9 Å². The van der Waals surface area contributed by atoms with Gasteiger partial charge in [-0.2, -0.15) is 0 Å². The zero-order valence-corrected chi connectivity index (χ0v) is 11.8. The summed E-state index contributed by atoms with van der Waals surface area (Å²) in [5.74, 6) is 0.601. The van der Waals surface area contributed by atoms with E-state index in [0.29, 0.717) is 12.0 Å². The Morgan fingerprint density at radius 1 is 1.47 bits per heavy atom. The maximum Gasteiger partial charge on any atom is 0.0308 e. The summed E-state index contributed by atoms with van der Waals surface area (Å²) < 4.78 is 0. The highest BCUT2D eigenvalue weighted by Gasteiger charge is 2.21. The lowest BCUT2D eigenvalue weighted by molar-refractivity contribution is 0.296. The molecule has 1 aliphatic heterocycles. The fourth-order valence-corrected chi connectivity index (χ4v) is 2.65. The average Bonchev–Trinajstić information content (AvgIpc) is 2.10. The molecule has 0 fully saturated rings. The third-order valence-electron chi connectivity index (χ3n) is 2.97. The predicted molar refractivity (Wildman–Crippen MR) is 71.5 cm³/mol.